The lowest BCUT2D eigenvalue weighted by atomic mass is 9.83. The van der Waals surface area contributed by atoms with Crippen molar-refractivity contribution in [3.63, 3.8) is 0 Å². The van der Waals surface area contributed by atoms with Crippen LogP contribution in [0.1, 0.15) is 60.8 Å². The maximum absolute atomic E-state index is 3.75. The Labute approximate surface area is 115 Å². The zero-order valence-electron chi connectivity index (χ0n) is 13.4. The van der Waals surface area contributed by atoms with E-state index in [4.69, 9.17) is 0 Å². The Morgan fingerprint density at radius 2 is 1.89 bits per heavy atom. The van der Waals surface area contributed by atoms with Crippen molar-refractivity contribution < 1.29 is 0 Å². The van der Waals surface area contributed by atoms with Gasteiger partial charge in [-0.25, -0.2) is 0 Å². The van der Waals surface area contributed by atoms with Crippen LogP contribution in [-0.2, 0) is 0 Å². The molecule has 1 saturated heterocycles. The summed E-state index contributed by atoms with van der Waals surface area (Å²) >= 11 is 0. The predicted octanol–water partition coefficient (Wildman–Crippen LogP) is 3.52. The summed E-state index contributed by atoms with van der Waals surface area (Å²) in [5, 5.41) is 3.75. The minimum absolute atomic E-state index is 0.376. The third-order valence-electron chi connectivity index (χ3n) is 4.30. The molecular formula is C16H34N2. The maximum Gasteiger partial charge on any atom is 0.0269 e. The minimum atomic E-state index is 0.376. The molecule has 18 heavy (non-hydrogen) atoms. The van der Waals surface area contributed by atoms with Crippen molar-refractivity contribution in [1.82, 2.24) is 10.2 Å². The number of nitrogens with one attached hydrogen (secondary N) is 1. The van der Waals surface area contributed by atoms with E-state index in [1.165, 1.54) is 32.4 Å². The second-order valence-corrected chi connectivity index (χ2v) is 7.34. The Hall–Kier alpha value is -0.0800. The van der Waals surface area contributed by atoms with Gasteiger partial charge >= 0.3 is 0 Å². The summed E-state index contributed by atoms with van der Waals surface area (Å²) in [6.45, 7) is 17.7. The number of hydrogen-bond donors (Lipinski definition) is 1. The molecule has 0 amide bonds. The smallest absolute Gasteiger partial charge is 0.0269 e. The van der Waals surface area contributed by atoms with E-state index in [1.807, 2.05) is 0 Å². The van der Waals surface area contributed by atoms with Gasteiger partial charge in [0, 0.05) is 25.2 Å². The molecule has 1 aliphatic rings. The highest BCUT2D eigenvalue weighted by Gasteiger charge is 2.35. The van der Waals surface area contributed by atoms with Gasteiger partial charge in [-0.15, -0.1) is 0 Å². The van der Waals surface area contributed by atoms with E-state index in [9.17, 15) is 0 Å². The van der Waals surface area contributed by atoms with E-state index in [0.717, 1.165) is 12.5 Å². The predicted molar refractivity (Wildman–Crippen MR) is 81.0 cm³/mol. The van der Waals surface area contributed by atoms with Gasteiger partial charge in [-0.1, -0.05) is 54.4 Å². The fraction of sp³-hybridized carbons (Fsp3) is 1.00. The molecule has 0 bridgehead atoms. The molecule has 0 spiro atoms. The molecule has 0 radical (unpaired) electrons. The Morgan fingerprint density at radius 1 is 1.22 bits per heavy atom. The number of nitrogens with zero attached hydrogens (tertiary/aromatic N) is 1. The van der Waals surface area contributed by atoms with Crippen LogP contribution >= 0.6 is 0 Å². The molecule has 1 rings (SSSR count). The van der Waals surface area contributed by atoms with Crippen molar-refractivity contribution in [2.24, 2.45) is 11.3 Å². The fourth-order valence-electron chi connectivity index (χ4n) is 2.95. The summed E-state index contributed by atoms with van der Waals surface area (Å²) in [6.07, 6.45) is 4.04. The molecule has 1 heterocycles. The van der Waals surface area contributed by atoms with Crippen molar-refractivity contribution in [2.45, 2.75) is 72.9 Å². The van der Waals surface area contributed by atoms with E-state index in [1.54, 1.807) is 0 Å². The highest BCUT2D eigenvalue weighted by molar-refractivity contribution is 4.93. The molecule has 2 nitrogen and oxygen atoms in total. The van der Waals surface area contributed by atoms with Crippen LogP contribution in [0.25, 0.3) is 0 Å². The van der Waals surface area contributed by atoms with Crippen molar-refractivity contribution in [1.29, 1.82) is 0 Å². The van der Waals surface area contributed by atoms with Crippen LogP contribution in [0, 0.1) is 11.3 Å². The molecule has 0 aliphatic carbocycles. The van der Waals surface area contributed by atoms with Gasteiger partial charge in [-0.3, -0.25) is 4.90 Å². The molecule has 0 aromatic rings. The molecule has 2 unspecified atom stereocenters. The molecular weight excluding hydrogens is 220 g/mol. The van der Waals surface area contributed by atoms with Crippen molar-refractivity contribution in [2.75, 3.05) is 19.6 Å². The summed E-state index contributed by atoms with van der Waals surface area (Å²) in [5.74, 6) is 0.736. The fourth-order valence-corrected chi connectivity index (χ4v) is 2.95. The molecule has 2 heteroatoms. The van der Waals surface area contributed by atoms with Crippen LogP contribution in [0.3, 0.4) is 0 Å². The molecule has 108 valence electrons. The number of hydrogen-bond acceptors (Lipinski definition) is 2. The van der Waals surface area contributed by atoms with Gasteiger partial charge in [0.2, 0.25) is 0 Å². The Bertz CT molecular complexity index is 230. The van der Waals surface area contributed by atoms with Gasteiger partial charge in [-0.05, 0) is 24.3 Å². The largest absolute Gasteiger partial charge is 0.311 e. The third kappa shape index (κ3) is 4.55. The van der Waals surface area contributed by atoms with Crippen molar-refractivity contribution in [3.8, 4) is 0 Å². The average Bonchev–Trinajstić information content (AvgIpc) is 2.27. The molecule has 1 N–H and O–H groups in total. The maximum atomic E-state index is 3.75. The highest BCUT2D eigenvalue weighted by Crippen LogP contribution is 2.27. The molecule has 1 fully saturated rings. The normalized spacial score (nSPS) is 26.8. The van der Waals surface area contributed by atoms with Crippen molar-refractivity contribution in [3.05, 3.63) is 0 Å². The SMILES string of the molecule is CCCCCN1CC(C(C)C)NCC1C(C)(C)C. The first-order valence-corrected chi connectivity index (χ1v) is 7.83. The summed E-state index contributed by atoms with van der Waals surface area (Å²) in [5.41, 5.74) is 0.376. The van der Waals surface area contributed by atoms with Gasteiger partial charge in [0.1, 0.15) is 0 Å². The summed E-state index contributed by atoms with van der Waals surface area (Å²) in [4.78, 5) is 2.75. The van der Waals surface area contributed by atoms with Crippen molar-refractivity contribution >= 4 is 0 Å². The first-order valence-electron chi connectivity index (χ1n) is 7.83. The molecule has 2 atom stereocenters. The second-order valence-electron chi connectivity index (χ2n) is 7.34. The molecule has 0 aromatic heterocycles. The number of piperazine rings is 1. The Morgan fingerprint density at radius 3 is 2.39 bits per heavy atom. The molecule has 0 saturated carbocycles. The van der Waals surface area contributed by atoms with Gasteiger partial charge in [0.05, 0.1) is 0 Å². The zero-order valence-corrected chi connectivity index (χ0v) is 13.4. The van der Waals surface area contributed by atoms with Gasteiger partial charge in [0.15, 0.2) is 0 Å². The molecule has 1 aliphatic heterocycles. The van der Waals surface area contributed by atoms with E-state index in [-0.39, 0.29) is 0 Å². The van der Waals surface area contributed by atoms with Gasteiger partial charge < -0.3 is 5.32 Å². The summed E-state index contributed by atoms with van der Waals surface area (Å²) in [7, 11) is 0. The monoisotopic (exact) mass is 254 g/mol. The topological polar surface area (TPSA) is 15.3 Å². The average molecular weight is 254 g/mol. The lowest BCUT2D eigenvalue weighted by Crippen LogP contribution is -2.61. The highest BCUT2D eigenvalue weighted by atomic mass is 15.2. The first-order chi connectivity index (χ1) is 8.36. The van der Waals surface area contributed by atoms with Crippen LogP contribution < -0.4 is 5.32 Å². The lowest BCUT2D eigenvalue weighted by molar-refractivity contribution is 0.0450. The lowest BCUT2D eigenvalue weighted by Gasteiger charge is -2.47. The summed E-state index contributed by atoms with van der Waals surface area (Å²) in [6, 6.07) is 1.36. The van der Waals surface area contributed by atoms with E-state index >= 15 is 0 Å². The van der Waals surface area contributed by atoms with Crippen LogP contribution in [0.15, 0.2) is 0 Å². The number of unbranched alkanes of at least 4 members (excludes halogenated alkanes) is 2. The summed E-state index contributed by atoms with van der Waals surface area (Å²) < 4.78 is 0. The molecule has 0 aromatic carbocycles. The minimum Gasteiger partial charge on any atom is -0.311 e. The van der Waals surface area contributed by atoms with E-state index < -0.39 is 0 Å². The van der Waals surface area contributed by atoms with Crippen LogP contribution in [0.4, 0.5) is 0 Å². The zero-order chi connectivity index (χ0) is 13.8. The van der Waals surface area contributed by atoms with E-state index in [0.29, 0.717) is 17.5 Å². The van der Waals surface area contributed by atoms with Crippen LogP contribution in [0.5, 0.6) is 0 Å². The van der Waals surface area contributed by atoms with Gasteiger partial charge in [0.25, 0.3) is 0 Å². The third-order valence-corrected chi connectivity index (χ3v) is 4.30. The second kappa shape index (κ2) is 6.91. The number of rotatable bonds is 5. The van der Waals surface area contributed by atoms with E-state index in [2.05, 4.69) is 51.8 Å². The standard InChI is InChI=1S/C16H34N2/c1-7-8-9-10-18-12-14(13(2)3)17-11-15(18)16(4,5)6/h13-15,17H,7-12H2,1-6H3. The quantitative estimate of drug-likeness (QED) is 0.755. The Balaban J connectivity index is 2.61. The first kappa shape index (κ1) is 16.0. The van der Waals surface area contributed by atoms with Crippen LogP contribution in [-0.4, -0.2) is 36.6 Å². The van der Waals surface area contributed by atoms with Gasteiger partial charge in [-0.2, -0.15) is 0 Å². The Kier molecular flexibility index (Phi) is 6.13. The van der Waals surface area contributed by atoms with Crippen LogP contribution in [0.2, 0.25) is 0 Å².